The first-order chi connectivity index (χ1) is 11.6. The van der Waals surface area contributed by atoms with E-state index < -0.39 is 0 Å². The summed E-state index contributed by atoms with van der Waals surface area (Å²) in [7, 11) is 0. The zero-order valence-corrected chi connectivity index (χ0v) is 14.6. The Balaban J connectivity index is 1.98. The Kier molecular flexibility index (Phi) is 5.14. The van der Waals surface area contributed by atoms with Gasteiger partial charge in [-0.25, -0.2) is 9.79 Å². The third-order valence-electron chi connectivity index (χ3n) is 4.37. The molecule has 3 rings (SSSR count). The average molecular weight is 347 g/mol. The van der Waals surface area contributed by atoms with Crippen LogP contribution in [0.1, 0.15) is 59.8 Å². The molecule has 0 aromatic carbocycles. The second-order valence-electron chi connectivity index (χ2n) is 6.01. The fourth-order valence-electron chi connectivity index (χ4n) is 3.17. The molecule has 5 nitrogen and oxygen atoms in total. The summed E-state index contributed by atoms with van der Waals surface area (Å²) in [6, 6.07) is 0. The van der Waals surface area contributed by atoms with Crippen LogP contribution in [-0.2, 0) is 22.4 Å². The number of hydrogen-bond donors (Lipinski definition) is 1. The smallest absolute Gasteiger partial charge is 0.341 e. The maximum Gasteiger partial charge on any atom is 0.341 e. The lowest BCUT2D eigenvalue weighted by molar-refractivity contribution is -0.115. The number of aryl methyl sites for hydroxylation is 1. The van der Waals surface area contributed by atoms with E-state index in [0.717, 1.165) is 31.2 Å². The Morgan fingerprint density at radius 3 is 2.79 bits per heavy atom. The summed E-state index contributed by atoms with van der Waals surface area (Å²) in [5, 5.41) is 10.5. The number of nitrogens with zero attached hydrogens (tertiary/aromatic N) is 1. The number of carbonyl (C=O) groups excluding carboxylic acids is 2. The average Bonchev–Trinajstić information content (AvgIpc) is 2.93. The number of carbonyl (C=O) groups is 2. The lowest BCUT2D eigenvalue weighted by Gasteiger charge is -2.12. The van der Waals surface area contributed by atoms with Crippen LogP contribution < -0.4 is 0 Å². The molecule has 0 amide bonds. The number of allylic oxidation sites excluding steroid dienone is 2. The van der Waals surface area contributed by atoms with Crippen LogP contribution in [0.15, 0.2) is 16.3 Å². The Labute approximate surface area is 145 Å². The van der Waals surface area contributed by atoms with E-state index in [1.54, 1.807) is 6.92 Å². The minimum absolute atomic E-state index is 0.0917. The molecule has 0 fully saturated rings. The molecule has 0 radical (unpaired) electrons. The number of aliphatic hydroxyl groups is 1. The fourth-order valence-corrected chi connectivity index (χ4v) is 4.39. The van der Waals surface area contributed by atoms with Gasteiger partial charge in [0.1, 0.15) is 10.8 Å². The standard InChI is InChI=1S/C18H21NO4S/c1-2-23-18(22)16-11-6-3-4-9-15(11)24-17(16)19-10-12-13(20)7-5-8-14(12)21/h10,20H,2-9H2,1H3/b19-10+. The number of fused-ring (bicyclic) bond motifs is 1. The van der Waals surface area contributed by atoms with Gasteiger partial charge < -0.3 is 9.84 Å². The summed E-state index contributed by atoms with van der Waals surface area (Å²) in [5.74, 6) is -0.354. The summed E-state index contributed by atoms with van der Waals surface area (Å²) in [6.45, 7) is 2.10. The molecule has 0 saturated carbocycles. The molecular weight excluding hydrogens is 326 g/mol. The van der Waals surface area contributed by atoms with Gasteiger partial charge in [0.05, 0.1) is 17.7 Å². The third kappa shape index (κ3) is 3.29. The molecule has 0 unspecified atom stereocenters. The number of ketones is 1. The molecule has 6 heteroatoms. The van der Waals surface area contributed by atoms with E-state index in [9.17, 15) is 14.7 Å². The molecule has 0 saturated heterocycles. The quantitative estimate of drug-likeness (QED) is 0.658. The number of ether oxygens (including phenoxy) is 1. The van der Waals surface area contributed by atoms with Crippen LogP contribution in [0, 0.1) is 0 Å². The van der Waals surface area contributed by atoms with Gasteiger partial charge in [-0.05, 0) is 44.6 Å². The lowest BCUT2D eigenvalue weighted by atomic mass is 9.95. The second-order valence-corrected chi connectivity index (χ2v) is 7.09. The van der Waals surface area contributed by atoms with Crippen LogP contribution in [0.3, 0.4) is 0 Å². The molecule has 1 N–H and O–H groups in total. The molecule has 0 spiro atoms. The number of hydrogen-bond acceptors (Lipinski definition) is 6. The van der Waals surface area contributed by atoms with Gasteiger partial charge in [0.15, 0.2) is 5.78 Å². The van der Waals surface area contributed by atoms with Crippen molar-refractivity contribution < 1.29 is 19.4 Å². The van der Waals surface area contributed by atoms with E-state index in [1.807, 2.05) is 0 Å². The van der Waals surface area contributed by atoms with Gasteiger partial charge in [-0.2, -0.15) is 0 Å². The second kappa shape index (κ2) is 7.30. The van der Waals surface area contributed by atoms with E-state index in [4.69, 9.17) is 4.74 Å². The third-order valence-corrected chi connectivity index (χ3v) is 5.57. The highest BCUT2D eigenvalue weighted by Gasteiger charge is 2.26. The molecule has 0 bridgehead atoms. The first kappa shape index (κ1) is 16.9. The Morgan fingerprint density at radius 1 is 1.25 bits per heavy atom. The zero-order chi connectivity index (χ0) is 17.1. The van der Waals surface area contributed by atoms with Crippen molar-refractivity contribution in [3.05, 3.63) is 27.3 Å². The van der Waals surface area contributed by atoms with Crippen molar-refractivity contribution in [1.29, 1.82) is 0 Å². The van der Waals surface area contributed by atoms with Gasteiger partial charge in [0.2, 0.25) is 0 Å². The van der Waals surface area contributed by atoms with Gasteiger partial charge >= 0.3 is 5.97 Å². The molecular formula is C18H21NO4S. The van der Waals surface area contributed by atoms with E-state index in [1.165, 1.54) is 22.4 Å². The van der Waals surface area contributed by atoms with Crippen LogP contribution in [0.4, 0.5) is 5.00 Å². The van der Waals surface area contributed by atoms with Gasteiger partial charge in [-0.15, -0.1) is 11.3 Å². The summed E-state index contributed by atoms with van der Waals surface area (Å²) < 4.78 is 5.19. The Morgan fingerprint density at radius 2 is 2.04 bits per heavy atom. The highest BCUT2D eigenvalue weighted by atomic mass is 32.1. The maximum atomic E-state index is 12.4. The van der Waals surface area contributed by atoms with Crippen molar-refractivity contribution in [1.82, 2.24) is 0 Å². The number of thiophene rings is 1. The molecule has 1 heterocycles. The minimum atomic E-state index is -0.350. The molecule has 0 atom stereocenters. The van der Waals surface area contributed by atoms with Crippen LogP contribution in [0.5, 0.6) is 0 Å². The minimum Gasteiger partial charge on any atom is -0.512 e. The van der Waals surface area contributed by atoms with E-state index in [2.05, 4.69) is 4.99 Å². The number of rotatable bonds is 4. The van der Waals surface area contributed by atoms with E-state index in [0.29, 0.717) is 36.4 Å². The van der Waals surface area contributed by atoms with Gasteiger partial charge in [0, 0.05) is 23.9 Å². The molecule has 24 heavy (non-hydrogen) atoms. The van der Waals surface area contributed by atoms with E-state index in [-0.39, 0.29) is 23.1 Å². The van der Waals surface area contributed by atoms with Crippen molar-refractivity contribution in [3.8, 4) is 0 Å². The van der Waals surface area contributed by atoms with Crippen molar-refractivity contribution in [2.24, 2.45) is 4.99 Å². The number of esters is 1. The normalized spacial score (nSPS) is 18.1. The largest absolute Gasteiger partial charge is 0.512 e. The van der Waals surface area contributed by atoms with Crippen LogP contribution in [-0.4, -0.2) is 29.7 Å². The first-order valence-corrected chi connectivity index (χ1v) is 9.24. The Hall–Kier alpha value is -1.95. The molecule has 1 aromatic rings. The molecule has 0 aliphatic heterocycles. The monoisotopic (exact) mass is 347 g/mol. The van der Waals surface area contributed by atoms with Crippen LogP contribution in [0.2, 0.25) is 0 Å². The van der Waals surface area contributed by atoms with Gasteiger partial charge in [-0.1, -0.05) is 0 Å². The van der Waals surface area contributed by atoms with Gasteiger partial charge in [-0.3, -0.25) is 4.79 Å². The van der Waals surface area contributed by atoms with Crippen LogP contribution in [0.25, 0.3) is 0 Å². The lowest BCUT2D eigenvalue weighted by Crippen LogP contribution is -2.12. The van der Waals surface area contributed by atoms with Crippen LogP contribution >= 0.6 is 11.3 Å². The van der Waals surface area contributed by atoms with E-state index >= 15 is 0 Å². The predicted octanol–water partition coefficient (Wildman–Crippen LogP) is 4.07. The molecule has 1 aromatic heterocycles. The zero-order valence-electron chi connectivity index (χ0n) is 13.8. The Bertz CT molecular complexity index is 730. The van der Waals surface area contributed by atoms with Gasteiger partial charge in [0.25, 0.3) is 0 Å². The van der Waals surface area contributed by atoms with Crippen molar-refractivity contribution in [2.75, 3.05) is 6.61 Å². The predicted molar refractivity (Wildman–Crippen MR) is 93.6 cm³/mol. The summed E-state index contributed by atoms with van der Waals surface area (Å²) >= 11 is 1.49. The summed E-state index contributed by atoms with van der Waals surface area (Å²) in [4.78, 5) is 29.9. The SMILES string of the molecule is CCOC(=O)c1c(/N=C/C2=C(O)CCCC2=O)sc2c1CCCC2. The van der Waals surface area contributed by atoms with Crippen molar-refractivity contribution in [3.63, 3.8) is 0 Å². The number of Topliss-reactive ketones (excluding diaryl/α,β-unsaturated/α-hetero) is 1. The highest BCUT2D eigenvalue weighted by molar-refractivity contribution is 7.16. The summed E-state index contributed by atoms with van der Waals surface area (Å²) in [6.07, 6.45) is 7.00. The first-order valence-electron chi connectivity index (χ1n) is 8.42. The molecule has 128 valence electrons. The van der Waals surface area contributed by atoms with Crippen molar-refractivity contribution >= 4 is 34.3 Å². The topological polar surface area (TPSA) is 76.0 Å². The molecule has 2 aliphatic rings. The number of aliphatic hydroxyl groups excluding tert-OH is 1. The molecule has 2 aliphatic carbocycles. The van der Waals surface area contributed by atoms with Crippen molar-refractivity contribution in [2.45, 2.75) is 51.9 Å². The maximum absolute atomic E-state index is 12.4. The summed E-state index contributed by atoms with van der Waals surface area (Å²) in [5.41, 5.74) is 1.85. The highest BCUT2D eigenvalue weighted by Crippen LogP contribution is 2.40. The number of aliphatic imine (C=N–C) groups is 1. The fraction of sp³-hybridized carbons (Fsp3) is 0.500.